The lowest BCUT2D eigenvalue weighted by molar-refractivity contribution is 0.0730. The summed E-state index contributed by atoms with van der Waals surface area (Å²) in [5.41, 5.74) is -0.559. The Balaban J connectivity index is 1.70. The Morgan fingerprint density at radius 1 is 0.970 bits per heavy atom. The van der Waals surface area contributed by atoms with Gasteiger partial charge in [-0.15, -0.1) is 0 Å². The van der Waals surface area contributed by atoms with E-state index in [9.17, 15) is 26.8 Å². The molecule has 3 heterocycles. The minimum absolute atomic E-state index is 0.0828. The molecule has 0 N–H and O–H groups in total. The van der Waals surface area contributed by atoms with Gasteiger partial charge in [0.1, 0.15) is 17.3 Å². The van der Waals surface area contributed by atoms with Gasteiger partial charge in [0.25, 0.3) is 11.8 Å². The number of aryl methyl sites for hydroxylation is 1. The van der Waals surface area contributed by atoms with Crippen molar-refractivity contribution in [1.82, 2.24) is 9.29 Å². The topological polar surface area (TPSA) is 96.9 Å². The molecule has 0 saturated carbocycles. The van der Waals surface area contributed by atoms with Crippen molar-refractivity contribution in [2.24, 2.45) is 0 Å². The van der Waals surface area contributed by atoms with E-state index in [-0.39, 0.29) is 58.9 Å². The number of sulfonamides is 1. The van der Waals surface area contributed by atoms with E-state index in [1.807, 2.05) is 0 Å². The number of imide groups is 1. The van der Waals surface area contributed by atoms with E-state index in [1.165, 1.54) is 29.4 Å². The normalized spacial score (nSPS) is 17.1. The highest BCUT2D eigenvalue weighted by atomic mass is 32.2. The van der Waals surface area contributed by atoms with Crippen LogP contribution in [0, 0.1) is 18.6 Å². The lowest BCUT2D eigenvalue weighted by atomic mass is 10.0. The lowest BCUT2D eigenvalue weighted by Gasteiger charge is -2.26. The van der Waals surface area contributed by atoms with Gasteiger partial charge in [0.05, 0.1) is 40.4 Å². The Morgan fingerprint density at radius 3 is 2.27 bits per heavy atom. The fourth-order valence-electron chi connectivity index (χ4n) is 4.17. The largest absolute Gasteiger partial charge is 0.379 e. The maximum absolute atomic E-state index is 14.4. The summed E-state index contributed by atoms with van der Waals surface area (Å²) < 4.78 is 61.5. The Morgan fingerprint density at radius 2 is 1.61 bits per heavy atom. The van der Waals surface area contributed by atoms with E-state index < -0.39 is 39.2 Å². The number of carbonyl (C=O) groups is 2. The second-order valence-electron chi connectivity index (χ2n) is 7.66. The number of pyridine rings is 1. The van der Waals surface area contributed by atoms with Gasteiger partial charge in [-0.05, 0) is 37.3 Å². The number of morpholine rings is 1. The van der Waals surface area contributed by atoms with Crippen LogP contribution in [0.1, 0.15) is 26.4 Å². The standard InChI is InChI=1S/C22H17F2N3O5S/c1-12-18-19(22(29)27(21(18)28)20-15(23)3-2-4-16(20)24)14-11-13(5-6-17(14)25-12)33(30,31)26-7-9-32-10-8-26/h2-6,11H,7-10H2,1H3. The van der Waals surface area contributed by atoms with Crippen LogP contribution in [0.2, 0.25) is 0 Å². The first-order valence-corrected chi connectivity index (χ1v) is 11.5. The Hall–Kier alpha value is -3.28. The zero-order chi connectivity index (χ0) is 23.5. The molecule has 1 saturated heterocycles. The number of halogens is 2. The van der Waals surface area contributed by atoms with Crippen molar-refractivity contribution >= 4 is 38.4 Å². The first-order valence-electron chi connectivity index (χ1n) is 10.1. The minimum atomic E-state index is -3.90. The highest BCUT2D eigenvalue weighted by Gasteiger charge is 2.42. The van der Waals surface area contributed by atoms with Gasteiger partial charge in [0.2, 0.25) is 10.0 Å². The van der Waals surface area contributed by atoms with Crippen molar-refractivity contribution in [1.29, 1.82) is 0 Å². The molecule has 2 aliphatic heterocycles. The lowest BCUT2D eigenvalue weighted by Crippen LogP contribution is -2.40. The predicted molar refractivity (Wildman–Crippen MR) is 114 cm³/mol. The third-order valence-corrected chi connectivity index (χ3v) is 7.63. The molecular formula is C22H17F2N3O5S. The number of amides is 2. The molecule has 0 radical (unpaired) electrons. The molecule has 170 valence electrons. The number of para-hydroxylation sites is 1. The van der Waals surface area contributed by atoms with Gasteiger partial charge in [0, 0.05) is 18.5 Å². The van der Waals surface area contributed by atoms with Gasteiger partial charge in [-0.25, -0.2) is 22.1 Å². The molecule has 33 heavy (non-hydrogen) atoms. The summed E-state index contributed by atoms with van der Waals surface area (Å²) in [7, 11) is -3.90. The highest BCUT2D eigenvalue weighted by molar-refractivity contribution is 7.89. The van der Waals surface area contributed by atoms with Crippen LogP contribution in [0.15, 0.2) is 41.3 Å². The summed E-state index contributed by atoms with van der Waals surface area (Å²) in [6, 6.07) is 7.10. The average Bonchev–Trinajstić information content (AvgIpc) is 3.05. The smallest absolute Gasteiger partial charge is 0.268 e. The van der Waals surface area contributed by atoms with Crippen LogP contribution in [-0.4, -0.2) is 55.8 Å². The maximum atomic E-state index is 14.4. The van der Waals surface area contributed by atoms with Crippen LogP contribution in [-0.2, 0) is 14.8 Å². The molecule has 0 atom stereocenters. The third-order valence-electron chi connectivity index (χ3n) is 5.74. The van der Waals surface area contributed by atoms with Crippen molar-refractivity contribution in [2.75, 3.05) is 31.2 Å². The molecule has 1 aromatic heterocycles. The van der Waals surface area contributed by atoms with E-state index >= 15 is 0 Å². The number of hydrogen-bond acceptors (Lipinski definition) is 6. The Kier molecular flexibility index (Phi) is 5.00. The van der Waals surface area contributed by atoms with Crippen molar-refractivity contribution in [2.45, 2.75) is 11.8 Å². The molecule has 0 unspecified atom stereocenters. The van der Waals surface area contributed by atoms with Crippen LogP contribution in [0.3, 0.4) is 0 Å². The summed E-state index contributed by atoms with van der Waals surface area (Å²) in [6.45, 7) is 2.39. The Labute approximate surface area is 187 Å². The average molecular weight is 473 g/mol. The van der Waals surface area contributed by atoms with E-state index in [1.54, 1.807) is 0 Å². The number of ether oxygens (including phenoxy) is 1. The van der Waals surface area contributed by atoms with Gasteiger partial charge < -0.3 is 4.74 Å². The zero-order valence-electron chi connectivity index (χ0n) is 17.3. The number of rotatable bonds is 3. The van der Waals surface area contributed by atoms with Crippen LogP contribution < -0.4 is 4.90 Å². The van der Waals surface area contributed by atoms with Crippen molar-refractivity contribution in [3.8, 4) is 0 Å². The van der Waals surface area contributed by atoms with Crippen LogP contribution in [0.4, 0.5) is 14.5 Å². The highest BCUT2D eigenvalue weighted by Crippen LogP contribution is 2.37. The monoisotopic (exact) mass is 473 g/mol. The summed E-state index contributed by atoms with van der Waals surface area (Å²) in [5, 5.41) is 0.113. The first kappa shape index (κ1) is 21.6. The Bertz CT molecular complexity index is 1430. The van der Waals surface area contributed by atoms with Crippen molar-refractivity contribution in [3.05, 3.63) is 64.9 Å². The zero-order valence-corrected chi connectivity index (χ0v) is 18.2. The fourth-order valence-corrected chi connectivity index (χ4v) is 5.60. The van der Waals surface area contributed by atoms with Gasteiger partial charge in [0.15, 0.2) is 0 Å². The summed E-state index contributed by atoms with van der Waals surface area (Å²) in [4.78, 5) is 31.1. The molecule has 2 aromatic carbocycles. The van der Waals surface area contributed by atoms with Crippen molar-refractivity contribution < 1.29 is 31.5 Å². The fraction of sp³-hybridized carbons (Fsp3) is 0.227. The maximum Gasteiger partial charge on any atom is 0.268 e. The number of benzene rings is 2. The third kappa shape index (κ3) is 3.23. The van der Waals surface area contributed by atoms with Gasteiger partial charge in [-0.3, -0.25) is 14.6 Å². The summed E-state index contributed by atoms with van der Waals surface area (Å²) >= 11 is 0. The number of anilines is 1. The van der Waals surface area contributed by atoms with E-state index in [4.69, 9.17) is 4.74 Å². The first-order chi connectivity index (χ1) is 15.7. The van der Waals surface area contributed by atoms with E-state index in [2.05, 4.69) is 4.98 Å². The van der Waals surface area contributed by atoms with Crippen molar-refractivity contribution in [3.63, 3.8) is 0 Å². The van der Waals surface area contributed by atoms with Crippen LogP contribution in [0.25, 0.3) is 10.9 Å². The van der Waals surface area contributed by atoms with Crippen LogP contribution >= 0.6 is 0 Å². The summed E-state index contributed by atoms with van der Waals surface area (Å²) in [5.74, 6) is -4.02. The number of fused-ring (bicyclic) bond motifs is 3. The van der Waals surface area contributed by atoms with Gasteiger partial charge in [-0.1, -0.05) is 6.07 Å². The molecule has 8 nitrogen and oxygen atoms in total. The van der Waals surface area contributed by atoms with E-state index in [0.717, 1.165) is 18.2 Å². The molecule has 3 aromatic rings. The van der Waals surface area contributed by atoms with Gasteiger partial charge in [-0.2, -0.15) is 4.31 Å². The molecular weight excluding hydrogens is 456 g/mol. The molecule has 2 aliphatic rings. The number of hydrogen-bond donors (Lipinski definition) is 0. The SMILES string of the molecule is Cc1nc2ccc(S(=O)(=O)N3CCOCC3)cc2c2c1C(=O)N(c1c(F)cccc1F)C2=O. The van der Waals surface area contributed by atoms with Gasteiger partial charge >= 0.3 is 0 Å². The molecule has 1 fully saturated rings. The molecule has 5 rings (SSSR count). The molecule has 11 heteroatoms. The van der Waals surface area contributed by atoms with E-state index in [0.29, 0.717) is 4.90 Å². The predicted octanol–water partition coefficient (Wildman–Crippen LogP) is 2.64. The molecule has 0 bridgehead atoms. The molecule has 0 aliphatic carbocycles. The minimum Gasteiger partial charge on any atom is -0.379 e. The molecule has 0 spiro atoms. The second kappa shape index (κ2) is 7.65. The second-order valence-corrected chi connectivity index (χ2v) is 9.60. The quantitative estimate of drug-likeness (QED) is 0.543. The summed E-state index contributed by atoms with van der Waals surface area (Å²) in [6.07, 6.45) is 0. The molecule has 2 amide bonds. The number of carbonyl (C=O) groups excluding carboxylic acids is 2. The number of aromatic nitrogens is 1. The number of nitrogens with zero attached hydrogens (tertiary/aromatic N) is 3. The van der Waals surface area contributed by atoms with Crippen LogP contribution in [0.5, 0.6) is 0 Å².